The normalized spacial score (nSPS) is 15.9. The van der Waals surface area contributed by atoms with Crippen LogP contribution in [0.2, 0.25) is 0 Å². The second-order valence-corrected chi connectivity index (χ2v) is 5.46. The van der Waals surface area contributed by atoms with Gasteiger partial charge in [-0.15, -0.1) is 0 Å². The van der Waals surface area contributed by atoms with Gasteiger partial charge in [0.25, 0.3) is 0 Å². The third kappa shape index (κ3) is 4.14. The Morgan fingerprint density at radius 3 is 1.43 bits per heavy atom. The van der Waals surface area contributed by atoms with Crippen molar-refractivity contribution >= 4 is 0 Å². The zero-order valence-electron chi connectivity index (χ0n) is 12.1. The van der Waals surface area contributed by atoms with E-state index in [9.17, 15) is 26.3 Å². The molecule has 0 fully saturated rings. The Labute approximate surface area is 120 Å². The zero-order chi connectivity index (χ0) is 16.5. The summed E-state index contributed by atoms with van der Waals surface area (Å²) in [5.41, 5.74) is -3.10. The molecule has 1 rings (SSSR count). The fourth-order valence-corrected chi connectivity index (χ4v) is 2.38. The molecular weight excluding hydrogens is 294 g/mol. The highest BCUT2D eigenvalue weighted by atomic mass is 19.4. The molecule has 0 aliphatic rings. The van der Waals surface area contributed by atoms with Gasteiger partial charge < -0.3 is 0 Å². The molecular formula is C15H18F6. The van der Waals surface area contributed by atoms with E-state index in [1.807, 2.05) is 6.92 Å². The number of alkyl halides is 6. The molecule has 1 atom stereocenters. The van der Waals surface area contributed by atoms with E-state index in [0.29, 0.717) is 19.3 Å². The number of hydrogen-bond donors (Lipinski definition) is 0. The van der Waals surface area contributed by atoms with Crippen LogP contribution in [0.1, 0.15) is 56.7 Å². The number of benzene rings is 1. The van der Waals surface area contributed by atoms with Crippen molar-refractivity contribution in [1.82, 2.24) is 0 Å². The van der Waals surface area contributed by atoms with Crippen molar-refractivity contribution in [3.8, 4) is 0 Å². The van der Waals surface area contributed by atoms with E-state index >= 15 is 0 Å². The van der Waals surface area contributed by atoms with Crippen molar-refractivity contribution in [2.45, 2.75) is 57.8 Å². The summed E-state index contributed by atoms with van der Waals surface area (Å²) >= 11 is 0. The molecule has 0 saturated heterocycles. The molecule has 0 heterocycles. The Kier molecular flexibility index (Phi) is 5.01. The smallest absolute Gasteiger partial charge is 0.166 e. The fourth-order valence-electron chi connectivity index (χ4n) is 2.38. The van der Waals surface area contributed by atoms with Crippen molar-refractivity contribution in [3.05, 3.63) is 34.9 Å². The molecule has 0 nitrogen and oxygen atoms in total. The van der Waals surface area contributed by atoms with Crippen molar-refractivity contribution in [2.24, 2.45) is 0 Å². The Morgan fingerprint density at radius 1 is 0.762 bits per heavy atom. The summed E-state index contributed by atoms with van der Waals surface area (Å²) in [5, 5.41) is 0. The fraction of sp³-hybridized carbons (Fsp3) is 0.600. The molecule has 0 aliphatic heterocycles. The zero-order valence-corrected chi connectivity index (χ0v) is 12.1. The van der Waals surface area contributed by atoms with E-state index in [2.05, 4.69) is 0 Å². The first-order chi connectivity index (χ1) is 9.44. The van der Waals surface area contributed by atoms with Crippen LogP contribution in [0.25, 0.3) is 0 Å². The number of rotatable bonds is 4. The van der Waals surface area contributed by atoms with Crippen LogP contribution < -0.4 is 0 Å². The number of hydrogen-bond acceptors (Lipinski definition) is 0. The molecule has 21 heavy (non-hydrogen) atoms. The van der Waals surface area contributed by atoms with E-state index in [1.54, 1.807) is 13.8 Å². The topological polar surface area (TPSA) is 0 Å². The maximum atomic E-state index is 12.8. The molecule has 0 bridgehead atoms. The van der Waals surface area contributed by atoms with Crippen LogP contribution in [-0.2, 0) is 17.8 Å². The first-order valence-corrected chi connectivity index (χ1v) is 6.74. The van der Waals surface area contributed by atoms with Crippen molar-refractivity contribution < 1.29 is 26.3 Å². The van der Waals surface area contributed by atoms with E-state index in [-0.39, 0.29) is 11.6 Å². The van der Waals surface area contributed by atoms with Crippen LogP contribution in [0.15, 0.2) is 18.2 Å². The minimum absolute atomic E-state index is 0.0917. The summed E-state index contributed by atoms with van der Waals surface area (Å²) in [7, 11) is 0. The quantitative estimate of drug-likeness (QED) is 0.581. The maximum Gasteiger partial charge on any atom is 0.416 e. The van der Waals surface area contributed by atoms with E-state index in [1.165, 1.54) is 0 Å². The van der Waals surface area contributed by atoms with Gasteiger partial charge in [-0.25, -0.2) is 0 Å². The van der Waals surface area contributed by atoms with E-state index < -0.39 is 28.9 Å². The molecule has 0 aliphatic carbocycles. The van der Waals surface area contributed by atoms with Gasteiger partial charge in [-0.1, -0.05) is 27.2 Å². The summed E-state index contributed by atoms with van der Waals surface area (Å²) in [5.74, 6) is 0. The summed E-state index contributed by atoms with van der Waals surface area (Å²) in [6, 6.07) is 1.86. The van der Waals surface area contributed by atoms with Crippen LogP contribution >= 0.6 is 0 Å². The summed E-state index contributed by atoms with van der Waals surface area (Å²) < 4.78 is 77.1. The van der Waals surface area contributed by atoms with Gasteiger partial charge in [-0.3, -0.25) is 0 Å². The van der Waals surface area contributed by atoms with Crippen LogP contribution in [0, 0.1) is 0 Å². The standard InChI is InChI=1S/C15H18F6/c1-4-6-13(3,5-2)10-7-11(14(16,17)18)9-12(8-10)15(19,20)21/h7-9H,4-6H2,1-3H3. The lowest BCUT2D eigenvalue weighted by Crippen LogP contribution is -2.23. The molecule has 6 heteroatoms. The van der Waals surface area contributed by atoms with Gasteiger partial charge in [-0.05, 0) is 42.0 Å². The van der Waals surface area contributed by atoms with Gasteiger partial charge in [0.2, 0.25) is 0 Å². The Balaban J connectivity index is 3.52. The SMILES string of the molecule is CCCC(C)(CC)c1cc(C(F)(F)F)cc(C(F)(F)F)c1. The second-order valence-electron chi connectivity index (χ2n) is 5.46. The largest absolute Gasteiger partial charge is 0.416 e. The molecule has 0 N–H and O–H groups in total. The Bertz CT molecular complexity index is 454. The lowest BCUT2D eigenvalue weighted by Gasteiger charge is -2.30. The minimum Gasteiger partial charge on any atom is -0.166 e. The molecule has 0 spiro atoms. The molecule has 0 amide bonds. The maximum absolute atomic E-state index is 12.8. The predicted molar refractivity (Wildman–Crippen MR) is 69.0 cm³/mol. The highest BCUT2D eigenvalue weighted by Crippen LogP contribution is 2.41. The van der Waals surface area contributed by atoms with Gasteiger partial charge >= 0.3 is 12.4 Å². The average molecular weight is 312 g/mol. The van der Waals surface area contributed by atoms with Gasteiger partial charge in [-0.2, -0.15) is 26.3 Å². The van der Waals surface area contributed by atoms with Crippen LogP contribution in [0.4, 0.5) is 26.3 Å². The Morgan fingerprint density at radius 2 is 1.14 bits per heavy atom. The molecule has 1 unspecified atom stereocenters. The summed E-state index contributed by atoms with van der Waals surface area (Å²) in [6.45, 7) is 5.32. The van der Waals surface area contributed by atoms with Crippen molar-refractivity contribution in [2.75, 3.05) is 0 Å². The molecule has 1 aromatic rings. The van der Waals surface area contributed by atoms with Crippen molar-refractivity contribution in [3.63, 3.8) is 0 Å². The average Bonchev–Trinajstić information content (AvgIpc) is 2.36. The molecule has 0 radical (unpaired) electrons. The summed E-state index contributed by atoms with van der Waals surface area (Å²) in [6.07, 6.45) is -7.91. The van der Waals surface area contributed by atoms with Crippen LogP contribution in [0.3, 0.4) is 0 Å². The van der Waals surface area contributed by atoms with Gasteiger partial charge in [0.05, 0.1) is 11.1 Å². The van der Waals surface area contributed by atoms with Crippen LogP contribution in [0.5, 0.6) is 0 Å². The third-order valence-electron chi connectivity index (χ3n) is 3.87. The lowest BCUT2D eigenvalue weighted by molar-refractivity contribution is -0.143. The third-order valence-corrected chi connectivity index (χ3v) is 3.87. The molecule has 0 aromatic heterocycles. The van der Waals surface area contributed by atoms with E-state index in [4.69, 9.17) is 0 Å². The second kappa shape index (κ2) is 5.89. The van der Waals surface area contributed by atoms with Gasteiger partial charge in [0.15, 0.2) is 0 Å². The predicted octanol–water partition coefficient (Wildman–Crippen LogP) is 6.19. The van der Waals surface area contributed by atoms with E-state index in [0.717, 1.165) is 12.1 Å². The lowest BCUT2D eigenvalue weighted by atomic mass is 9.75. The van der Waals surface area contributed by atoms with Crippen LogP contribution in [-0.4, -0.2) is 0 Å². The molecule has 0 saturated carbocycles. The first kappa shape index (κ1) is 17.9. The van der Waals surface area contributed by atoms with Gasteiger partial charge in [0.1, 0.15) is 0 Å². The summed E-state index contributed by atoms with van der Waals surface area (Å²) in [4.78, 5) is 0. The minimum atomic E-state index is -4.79. The molecule has 1 aromatic carbocycles. The molecule has 120 valence electrons. The van der Waals surface area contributed by atoms with Gasteiger partial charge in [0, 0.05) is 0 Å². The number of halogens is 6. The monoisotopic (exact) mass is 312 g/mol. The highest BCUT2D eigenvalue weighted by Gasteiger charge is 2.38. The Hall–Kier alpha value is -1.20. The highest BCUT2D eigenvalue weighted by molar-refractivity contribution is 5.37. The van der Waals surface area contributed by atoms with Crippen molar-refractivity contribution in [1.29, 1.82) is 0 Å². The first-order valence-electron chi connectivity index (χ1n) is 6.74.